The second-order valence-corrected chi connectivity index (χ2v) is 7.34. The molecule has 2 aliphatic rings. The number of amides is 1. The van der Waals surface area contributed by atoms with Crippen LogP contribution in [0, 0.1) is 5.92 Å². The molecule has 132 valence electrons. The van der Waals surface area contributed by atoms with Crippen LogP contribution in [-0.4, -0.2) is 33.2 Å². The van der Waals surface area contributed by atoms with Crippen LogP contribution >= 0.6 is 0 Å². The van der Waals surface area contributed by atoms with Crippen LogP contribution in [0.1, 0.15) is 44.9 Å². The lowest BCUT2D eigenvalue weighted by atomic mass is 9.96. The average molecular weight is 339 g/mol. The number of hydrogen-bond acceptors (Lipinski definition) is 3. The van der Waals surface area contributed by atoms with Gasteiger partial charge >= 0.3 is 0 Å². The molecule has 1 aliphatic carbocycles. The van der Waals surface area contributed by atoms with Crippen molar-refractivity contribution in [2.45, 2.75) is 57.5 Å². The lowest BCUT2D eigenvalue weighted by molar-refractivity contribution is -0.133. The predicted octanol–water partition coefficient (Wildman–Crippen LogP) is 2.97. The molecule has 0 spiro atoms. The Morgan fingerprint density at radius 1 is 1.12 bits per heavy atom. The lowest BCUT2D eigenvalue weighted by Crippen LogP contribution is -2.39. The Morgan fingerprint density at radius 2 is 1.92 bits per heavy atom. The summed E-state index contributed by atoms with van der Waals surface area (Å²) in [6.07, 6.45) is 9.28. The van der Waals surface area contributed by atoms with Gasteiger partial charge in [-0.1, -0.05) is 25.0 Å². The molecule has 25 heavy (non-hydrogen) atoms. The summed E-state index contributed by atoms with van der Waals surface area (Å²) in [5.41, 5.74) is 0.732. The number of aromatic nitrogens is 2. The first-order valence-corrected chi connectivity index (χ1v) is 9.48. The van der Waals surface area contributed by atoms with Crippen LogP contribution in [0.15, 0.2) is 35.3 Å². The van der Waals surface area contributed by atoms with Crippen molar-refractivity contribution in [3.63, 3.8) is 0 Å². The summed E-state index contributed by atoms with van der Waals surface area (Å²) in [7, 11) is 0. The SMILES string of the molecule is O=C(CCn1ncc(=O)c2ccccc21)N1CCC[C@H]1C1CCCC1. The minimum atomic E-state index is -0.0704. The van der Waals surface area contributed by atoms with E-state index in [0.717, 1.165) is 24.9 Å². The maximum absolute atomic E-state index is 12.8. The maximum Gasteiger partial charge on any atom is 0.224 e. The van der Waals surface area contributed by atoms with E-state index in [9.17, 15) is 9.59 Å². The van der Waals surface area contributed by atoms with Crippen LogP contribution in [0.4, 0.5) is 0 Å². The quantitative estimate of drug-likeness (QED) is 0.860. The summed E-state index contributed by atoms with van der Waals surface area (Å²) < 4.78 is 1.79. The smallest absolute Gasteiger partial charge is 0.224 e. The van der Waals surface area contributed by atoms with Gasteiger partial charge in [0.25, 0.3) is 0 Å². The molecule has 1 saturated carbocycles. The van der Waals surface area contributed by atoms with Gasteiger partial charge in [-0.15, -0.1) is 0 Å². The van der Waals surface area contributed by atoms with E-state index in [-0.39, 0.29) is 11.3 Å². The van der Waals surface area contributed by atoms with Crippen molar-refractivity contribution in [3.8, 4) is 0 Å². The highest BCUT2D eigenvalue weighted by molar-refractivity contribution is 5.79. The van der Waals surface area contributed by atoms with E-state index in [0.29, 0.717) is 30.3 Å². The van der Waals surface area contributed by atoms with Crippen molar-refractivity contribution < 1.29 is 4.79 Å². The summed E-state index contributed by atoms with van der Waals surface area (Å²) in [5, 5.41) is 4.90. The number of aryl methyl sites for hydroxylation is 1. The fraction of sp³-hybridized carbons (Fsp3) is 0.550. The fourth-order valence-electron chi connectivity index (χ4n) is 4.62. The number of benzene rings is 1. The van der Waals surface area contributed by atoms with E-state index in [1.165, 1.54) is 31.9 Å². The highest BCUT2D eigenvalue weighted by Crippen LogP contribution is 2.35. The van der Waals surface area contributed by atoms with Gasteiger partial charge in [-0.05, 0) is 43.7 Å². The molecule has 2 heterocycles. The van der Waals surface area contributed by atoms with E-state index in [4.69, 9.17) is 0 Å². The van der Waals surface area contributed by atoms with E-state index >= 15 is 0 Å². The minimum Gasteiger partial charge on any atom is -0.339 e. The van der Waals surface area contributed by atoms with E-state index in [2.05, 4.69) is 10.00 Å². The number of hydrogen-bond donors (Lipinski definition) is 0. The standard InChI is InChI=1S/C20H25N3O2/c24-19-14-21-23(18-9-4-3-8-16(18)19)13-11-20(25)22-12-5-10-17(22)15-6-1-2-7-15/h3-4,8-9,14-15,17H,1-2,5-7,10-13H2/t17-/m0/s1. The summed E-state index contributed by atoms with van der Waals surface area (Å²) in [4.78, 5) is 26.9. The van der Waals surface area contributed by atoms with Gasteiger partial charge < -0.3 is 4.90 Å². The molecule has 1 aliphatic heterocycles. The van der Waals surface area contributed by atoms with Crippen LogP contribution in [-0.2, 0) is 11.3 Å². The molecule has 4 rings (SSSR count). The van der Waals surface area contributed by atoms with Gasteiger partial charge in [0.1, 0.15) is 0 Å². The van der Waals surface area contributed by atoms with Gasteiger partial charge in [-0.25, -0.2) is 0 Å². The molecule has 1 atom stereocenters. The number of carbonyl (C=O) groups is 1. The van der Waals surface area contributed by atoms with E-state index in [1.807, 2.05) is 24.3 Å². The summed E-state index contributed by atoms with van der Waals surface area (Å²) in [6.45, 7) is 1.42. The molecule has 1 amide bonds. The molecule has 0 unspecified atom stereocenters. The average Bonchev–Trinajstić information content (AvgIpc) is 3.32. The van der Waals surface area contributed by atoms with Crippen LogP contribution in [0.2, 0.25) is 0 Å². The van der Waals surface area contributed by atoms with Gasteiger partial charge in [0.15, 0.2) is 0 Å². The Labute approximate surface area is 147 Å². The molecule has 1 saturated heterocycles. The van der Waals surface area contributed by atoms with Crippen molar-refractivity contribution in [1.82, 2.24) is 14.7 Å². The van der Waals surface area contributed by atoms with E-state index in [1.54, 1.807) is 4.68 Å². The fourth-order valence-corrected chi connectivity index (χ4v) is 4.62. The third-order valence-corrected chi connectivity index (χ3v) is 5.86. The molecule has 5 heteroatoms. The Hall–Kier alpha value is -2.17. The van der Waals surface area contributed by atoms with Gasteiger partial charge in [0.05, 0.1) is 18.3 Å². The third-order valence-electron chi connectivity index (χ3n) is 5.86. The minimum absolute atomic E-state index is 0.0704. The zero-order valence-corrected chi connectivity index (χ0v) is 14.6. The van der Waals surface area contributed by atoms with Crippen LogP contribution in [0.5, 0.6) is 0 Å². The first-order chi connectivity index (χ1) is 12.2. The Morgan fingerprint density at radius 3 is 2.76 bits per heavy atom. The summed E-state index contributed by atoms with van der Waals surface area (Å²) in [5.74, 6) is 0.941. The number of rotatable bonds is 4. The second-order valence-electron chi connectivity index (χ2n) is 7.34. The second kappa shape index (κ2) is 6.98. The molecular weight excluding hydrogens is 314 g/mol. The molecule has 5 nitrogen and oxygen atoms in total. The lowest BCUT2D eigenvalue weighted by Gasteiger charge is -2.29. The Kier molecular flexibility index (Phi) is 4.55. The first-order valence-electron chi connectivity index (χ1n) is 9.48. The Bertz CT molecular complexity index is 823. The summed E-state index contributed by atoms with van der Waals surface area (Å²) in [6, 6.07) is 7.92. The van der Waals surface area contributed by atoms with Gasteiger partial charge in [-0.2, -0.15) is 5.10 Å². The van der Waals surface area contributed by atoms with Crippen molar-refractivity contribution in [2.75, 3.05) is 6.54 Å². The first kappa shape index (κ1) is 16.3. The monoisotopic (exact) mass is 339 g/mol. The van der Waals surface area contributed by atoms with Gasteiger partial charge in [-0.3, -0.25) is 14.3 Å². The molecule has 2 fully saturated rings. The van der Waals surface area contributed by atoms with Crippen molar-refractivity contribution in [3.05, 3.63) is 40.7 Å². The highest BCUT2D eigenvalue weighted by Gasteiger charge is 2.35. The molecule has 1 aromatic heterocycles. The number of likely N-dealkylation sites (tertiary alicyclic amines) is 1. The van der Waals surface area contributed by atoms with Gasteiger partial charge in [0, 0.05) is 24.4 Å². The van der Waals surface area contributed by atoms with E-state index < -0.39 is 0 Å². The van der Waals surface area contributed by atoms with Gasteiger partial charge in [0.2, 0.25) is 11.3 Å². The maximum atomic E-state index is 12.8. The molecule has 1 aromatic carbocycles. The normalized spacial score (nSPS) is 21.3. The predicted molar refractivity (Wildman–Crippen MR) is 97.3 cm³/mol. The summed E-state index contributed by atoms with van der Waals surface area (Å²) >= 11 is 0. The number of carbonyl (C=O) groups excluding carboxylic acids is 1. The Balaban J connectivity index is 1.47. The van der Waals surface area contributed by atoms with Crippen LogP contribution in [0.25, 0.3) is 10.9 Å². The zero-order chi connectivity index (χ0) is 17.2. The largest absolute Gasteiger partial charge is 0.339 e. The van der Waals surface area contributed by atoms with Crippen molar-refractivity contribution in [1.29, 1.82) is 0 Å². The molecular formula is C20H25N3O2. The topological polar surface area (TPSA) is 55.2 Å². The number of para-hydroxylation sites is 1. The third kappa shape index (κ3) is 3.20. The number of fused-ring (bicyclic) bond motifs is 1. The van der Waals surface area contributed by atoms with Crippen LogP contribution in [0.3, 0.4) is 0 Å². The van der Waals surface area contributed by atoms with Crippen molar-refractivity contribution in [2.24, 2.45) is 5.92 Å². The molecule has 0 N–H and O–H groups in total. The molecule has 2 aromatic rings. The van der Waals surface area contributed by atoms with Crippen molar-refractivity contribution >= 4 is 16.8 Å². The molecule has 0 bridgehead atoms. The zero-order valence-electron chi connectivity index (χ0n) is 14.6. The highest BCUT2D eigenvalue weighted by atomic mass is 16.2. The van der Waals surface area contributed by atoms with Crippen LogP contribution < -0.4 is 5.43 Å². The number of nitrogens with zero attached hydrogens (tertiary/aromatic N) is 3. The molecule has 0 radical (unpaired) electrons.